The van der Waals surface area contributed by atoms with Gasteiger partial charge in [-0.15, -0.1) is 11.3 Å². The van der Waals surface area contributed by atoms with E-state index in [0.717, 1.165) is 11.3 Å². The summed E-state index contributed by atoms with van der Waals surface area (Å²) in [6.07, 6.45) is 0. The number of carbonyl (C=O) groups is 2. The molecule has 8 nitrogen and oxygen atoms in total. The Morgan fingerprint density at radius 3 is 2.58 bits per heavy atom. The summed E-state index contributed by atoms with van der Waals surface area (Å²) in [6, 6.07) is 12.6. The minimum absolute atomic E-state index is 0.100. The van der Waals surface area contributed by atoms with Gasteiger partial charge in [0.25, 0.3) is 11.6 Å². The number of nitro groups is 1. The zero-order chi connectivity index (χ0) is 22.4. The van der Waals surface area contributed by atoms with E-state index in [2.05, 4.69) is 5.32 Å². The second kappa shape index (κ2) is 9.86. The number of thiophene rings is 1. The van der Waals surface area contributed by atoms with Gasteiger partial charge in [0, 0.05) is 28.6 Å². The van der Waals surface area contributed by atoms with Gasteiger partial charge in [-0.05, 0) is 37.6 Å². The number of anilines is 1. The largest absolute Gasteiger partial charge is 0.494 e. The molecule has 0 bridgehead atoms. The first-order chi connectivity index (χ1) is 14.9. The highest BCUT2D eigenvalue weighted by atomic mass is 32.1. The van der Waals surface area contributed by atoms with Crippen LogP contribution in [0.5, 0.6) is 5.75 Å². The van der Waals surface area contributed by atoms with E-state index in [1.54, 1.807) is 42.6 Å². The van der Waals surface area contributed by atoms with E-state index in [0.29, 0.717) is 34.0 Å². The van der Waals surface area contributed by atoms with Crippen LogP contribution in [0.4, 0.5) is 10.7 Å². The summed E-state index contributed by atoms with van der Waals surface area (Å²) in [5.74, 6) is -0.479. The first-order valence-electron chi connectivity index (χ1n) is 9.52. The molecule has 1 aromatic heterocycles. The monoisotopic (exact) mass is 440 g/mol. The first-order valence-corrected chi connectivity index (χ1v) is 10.4. The normalized spacial score (nSPS) is 10.4. The van der Waals surface area contributed by atoms with Crippen LogP contribution in [0.2, 0.25) is 0 Å². The Morgan fingerprint density at radius 1 is 1.10 bits per heavy atom. The molecule has 0 radical (unpaired) electrons. The van der Waals surface area contributed by atoms with E-state index in [-0.39, 0.29) is 17.9 Å². The van der Waals surface area contributed by atoms with E-state index in [9.17, 15) is 19.7 Å². The van der Waals surface area contributed by atoms with Gasteiger partial charge in [-0.25, -0.2) is 4.79 Å². The summed E-state index contributed by atoms with van der Waals surface area (Å²) in [6.45, 7) is 4.14. The van der Waals surface area contributed by atoms with Crippen molar-refractivity contribution in [3.05, 3.63) is 75.2 Å². The van der Waals surface area contributed by atoms with Gasteiger partial charge in [0.2, 0.25) is 0 Å². The SMILES string of the molecule is CCOC(=O)c1c(-c2cccc([N+](=O)[O-])c2)csc1NC(=O)c1cccc(OCC)c1. The van der Waals surface area contributed by atoms with E-state index >= 15 is 0 Å². The van der Waals surface area contributed by atoms with Gasteiger partial charge < -0.3 is 14.8 Å². The molecule has 160 valence electrons. The number of carbonyl (C=O) groups excluding carboxylic acids is 2. The Bertz CT molecular complexity index is 1120. The Balaban J connectivity index is 1.98. The summed E-state index contributed by atoms with van der Waals surface area (Å²) in [7, 11) is 0. The van der Waals surface area contributed by atoms with Crippen molar-refractivity contribution in [1.29, 1.82) is 0 Å². The molecule has 0 aliphatic heterocycles. The van der Waals surface area contributed by atoms with Gasteiger partial charge in [0.1, 0.15) is 16.3 Å². The fourth-order valence-electron chi connectivity index (χ4n) is 2.92. The minimum atomic E-state index is -0.622. The molecule has 0 atom stereocenters. The highest BCUT2D eigenvalue weighted by Crippen LogP contribution is 2.37. The second-order valence-electron chi connectivity index (χ2n) is 6.30. The molecule has 0 saturated heterocycles. The molecule has 2 aromatic carbocycles. The molecular formula is C22H20N2O6S. The number of rotatable bonds is 8. The molecule has 1 amide bonds. The lowest BCUT2D eigenvalue weighted by Gasteiger charge is -2.10. The second-order valence-corrected chi connectivity index (χ2v) is 7.18. The standard InChI is InChI=1S/C22H20N2O6S/c1-3-29-17-10-6-8-15(12-17)20(25)23-21-19(22(26)30-4-2)18(13-31-21)14-7-5-9-16(11-14)24(27)28/h5-13H,3-4H2,1-2H3,(H,23,25). The predicted molar refractivity (Wildman–Crippen MR) is 118 cm³/mol. The number of benzene rings is 2. The number of hydrogen-bond acceptors (Lipinski definition) is 7. The number of esters is 1. The zero-order valence-corrected chi connectivity index (χ0v) is 17.7. The van der Waals surface area contributed by atoms with Gasteiger partial charge in [-0.1, -0.05) is 18.2 Å². The summed E-state index contributed by atoms with van der Waals surface area (Å²) >= 11 is 1.14. The average molecular weight is 440 g/mol. The molecule has 0 fully saturated rings. The van der Waals surface area contributed by atoms with Crippen LogP contribution in [-0.2, 0) is 4.74 Å². The van der Waals surface area contributed by atoms with Crippen molar-refractivity contribution in [2.24, 2.45) is 0 Å². The molecule has 31 heavy (non-hydrogen) atoms. The predicted octanol–water partition coefficient (Wildman–Crippen LogP) is 5.15. The van der Waals surface area contributed by atoms with E-state index in [1.807, 2.05) is 6.92 Å². The van der Waals surface area contributed by atoms with Crippen molar-refractivity contribution in [2.45, 2.75) is 13.8 Å². The van der Waals surface area contributed by atoms with Crippen molar-refractivity contribution in [3.63, 3.8) is 0 Å². The maximum absolute atomic E-state index is 12.8. The van der Waals surface area contributed by atoms with Crippen molar-refractivity contribution in [2.75, 3.05) is 18.5 Å². The summed E-state index contributed by atoms with van der Waals surface area (Å²) < 4.78 is 10.6. The van der Waals surface area contributed by atoms with E-state index in [4.69, 9.17) is 9.47 Å². The molecular weight excluding hydrogens is 420 g/mol. The number of nitrogens with one attached hydrogen (secondary N) is 1. The zero-order valence-electron chi connectivity index (χ0n) is 16.9. The van der Waals surface area contributed by atoms with Gasteiger partial charge in [0.15, 0.2) is 0 Å². The van der Waals surface area contributed by atoms with E-state index < -0.39 is 16.8 Å². The topological polar surface area (TPSA) is 108 Å². The number of nitro benzene ring substituents is 1. The Morgan fingerprint density at radius 2 is 1.87 bits per heavy atom. The lowest BCUT2D eigenvalue weighted by Crippen LogP contribution is -2.15. The van der Waals surface area contributed by atoms with Crippen LogP contribution >= 0.6 is 11.3 Å². The molecule has 0 unspecified atom stereocenters. The molecule has 3 rings (SSSR count). The van der Waals surface area contributed by atoms with Gasteiger partial charge in [-0.2, -0.15) is 0 Å². The highest BCUT2D eigenvalue weighted by molar-refractivity contribution is 7.15. The van der Waals surface area contributed by atoms with Crippen LogP contribution in [0.25, 0.3) is 11.1 Å². The lowest BCUT2D eigenvalue weighted by atomic mass is 10.0. The maximum atomic E-state index is 12.8. The molecule has 9 heteroatoms. The maximum Gasteiger partial charge on any atom is 0.341 e. The smallest absolute Gasteiger partial charge is 0.341 e. The minimum Gasteiger partial charge on any atom is -0.494 e. The third kappa shape index (κ3) is 5.07. The van der Waals surface area contributed by atoms with Crippen molar-refractivity contribution >= 4 is 33.9 Å². The number of nitrogens with zero attached hydrogens (tertiary/aromatic N) is 1. The van der Waals surface area contributed by atoms with Crippen LogP contribution in [-0.4, -0.2) is 30.0 Å². The summed E-state index contributed by atoms with van der Waals surface area (Å²) in [4.78, 5) is 36.1. The fourth-order valence-corrected chi connectivity index (χ4v) is 3.88. The molecule has 1 N–H and O–H groups in total. The first kappa shape index (κ1) is 22.0. The van der Waals surface area contributed by atoms with Gasteiger partial charge in [0.05, 0.1) is 18.1 Å². The highest BCUT2D eigenvalue weighted by Gasteiger charge is 2.24. The summed E-state index contributed by atoms with van der Waals surface area (Å²) in [5.41, 5.74) is 1.35. The van der Waals surface area contributed by atoms with Crippen LogP contribution in [0.1, 0.15) is 34.6 Å². The Labute approximate surface area is 182 Å². The van der Waals surface area contributed by atoms with Crippen molar-refractivity contribution < 1.29 is 24.0 Å². The van der Waals surface area contributed by atoms with Crippen molar-refractivity contribution in [3.8, 4) is 16.9 Å². The molecule has 0 aliphatic carbocycles. The molecule has 1 heterocycles. The molecule has 3 aromatic rings. The van der Waals surface area contributed by atoms with Crippen LogP contribution in [0, 0.1) is 10.1 Å². The quantitative estimate of drug-likeness (QED) is 0.295. The van der Waals surface area contributed by atoms with Gasteiger partial charge >= 0.3 is 5.97 Å². The number of non-ortho nitro benzene ring substituents is 1. The fraction of sp³-hybridized carbons (Fsp3) is 0.182. The van der Waals surface area contributed by atoms with Gasteiger partial charge in [-0.3, -0.25) is 14.9 Å². The molecule has 0 spiro atoms. The molecule has 0 saturated carbocycles. The third-order valence-electron chi connectivity index (χ3n) is 4.27. The number of ether oxygens (including phenoxy) is 2. The Kier molecular flexibility index (Phi) is 6.99. The third-order valence-corrected chi connectivity index (χ3v) is 5.17. The Hall–Kier alpha value is -3.72. The number of amides is 1. The van der Waals surface area contributed by atoms with Crippen LogP contribution in [0.15, 0.2) is 53.9 Å². The lowest BCUT2D eigenvalue weighted by molar-refractivity contribution is -0.384. The van der Waals surface area contributed by atoms with Crippen LogP contribution in [0.3, 0.4) is 0 Å². The number of hydrogen-bond donors (Lipinski definition) is 1. The van der Waals surface area contributed by atoms with Crippen LogP contribution < -0.4 is 10.1 Å². The van der Waals surface area contributed by atoms with Crippen molar-refractivity contribution in [1.82, 2.24) is 0 Å². The molecule has 0 aliphatic rings. The average Bonchev–Trinajstić information content (AvgIpc) is 3.18. The summed E-state index contributed by atoms with van der Waals surface area (Å²) in [5, 5.41) is 15.9. The van der Waals surface area contributed by atoms with E-state index in [1.165, 1.54) is 18.2 Å².